The highest BCUT2D eigenvalue weighted by Gasteiger charge is 2.33. The third-order valence-corrected chi connectivity index (χ3v) is 7.03. The van der Waals surface area contributed by atoms with Crippen molar-refractivity contribution >= 4 is 26.8 Å². The van der Waals surface area contributed by atoms with E-state index < -0.39 is 15.8 Å². The molecule has 3 aromatic rings. The second-order valence-corrected chi connectivity index (χ2v) is 9.88. The molecule has 7 nitrogen and oxygen atoms in total. The molecule has 29 heavy (non-hydrogen) atoms. The van der Waals surface area contributed by atoms with Gasteiger partial charge in [-0.25, -0.2) is 22.9 Å². The molecule has 1 aromatic carbocycles. The van der Waals surface area contributed by atoms with E-state index in [1.807, 2.05) is 44.2 Å². The van der Waals surface area contributed by atoms with Crippen LogP contribution in [0.3, 0.4) is 0 Å². The lowest BCUT2D eigenvalue weighted by Gasteiger charge is -2.12. The molecule has 0 amide bonds. The normalized spacial score (nSPS) is 18.4. The summed E-state index contributed by atoms with van der Waals surface area (Å²) in [7, 11) is -1.76. The first-order valence-corrected chi connectivity index (χ1v) is 11.4. The number of fused-ring (bicyclic) bond motifs is 1. The molecule has 0 N–H and O–H groups in total. The molecule has 1 saturated heterocycles. The SMILES string of the molecule is COC(=O)c1cc(C(C)C)nc2c1c(-c1ccccc1)nn2[C@H]1CCS(=O)(=O)C1. The molecule has 1 aliphatic rings. The number of methoxy groups -OCH3 is 1. The summed E-state index contributed by atoms with van der Waals surface area (Å²) in [6.07, 6.45) is 0.481. The molecule has 0 spiro atoms. The summed E-state index contributed by atoms with van der Waals surface area (Å²) in [5, 5.41) is 5.36. The van der Waals surface area contributed by atoms with E-state index >= 15 is 0 Å². The Morgan fingerprint density at radius 2 is 1.97 bits per heavy atom. The zero-order chi connectivity index (χ0) is 20.8. The highest BCUT2D eigenvalue weighted by atomic mass is 32.2. The molecule has 0 bridgehead atoms. The maximum atomic E-state index is 12.6. The average Bonchev–Trinajstić information content (AvgIpc) is 3.27. The number of ether oxygens (including phenoxy) is 1. The van der Waals surface area contributed by atoms with Crippen molar-refractivity contribution in [3.63, 3.8) is 0 Å². The van der Waals surface area contributed by atoms with Crippen LogP contribution in [-0.4, -0.2) is 47.8 Å². The van der Waals surface area contributed by atoms with Gasteiger partial charge in [0.2, 0.25) is 0 Å². The monoisotopic (exact) mass is 413 g/mol. The molecule has 3 heterocycles. The first-order chi connectivity index (χ1) is 13.8. The smallest absolute Gasteiger partial charge is 0.338 e. The Balaban J connectivity index is 2.05. The number of hydrogen-bond donors (Lipinski definition) is 0. The molecular formula is C21H23N3O4S. The Kier molecular flexibility index (Phi) is 4.90. The fourth-order valence-electron chi connectivity index (χ4n) is 3.74. The van der Waals surface area contributed by atoms with Crippen molar-refractivity contribution in [3.05, 3.63) is 47.7 Å². The fraction of sp³-hybridized carbons (Fsp3) is 0.381. The highest BCUT2D eigenvalue weighted by molar-refractivity contribution is 7.91. The van der Waals surface area contributed by atoms with Crippen LogP contribution in [0.1, 0.15) is 48.3 Å². The van der Waals surface area contributed by atoms with E-state index in [0.717, 1.165) is 11.3 Å². The summed E-state index contributed by atoms with van der Waals surface area (Å²) >= 11 is 0. The zero-order valence-corrected chi connectivity index (χ0v) is 17.4. The molecule has 152 valence electrons. The number of carbonyl (C=O) groups is 1. The van der Waals surface area contributed by atoms with E-state index in [1.165, 1.54) is 7.11 Å². The van der Waals surface area contributed by atoms with E-state index in [2.05, 4.69) is 0 Å². The van der Waals surface area contributed by atoms with Crippen LogP contribution in [-0.2, 0) is 14.6 Å². The molecule has 0 saturated carbocycles. The quantitative estimate of drug-likeness (QED) is 0.609. The van der Waals surface area contributed by atoms with E-state index in [0.29, 0.717) is 28.7 Å². The second kappa shape index (κ2) is 7.26. The summed E-state index contributed by atoms with van der Waals surface area (Å²) in [5.41, 5.74) is 3.10. The summed E-state index contributed by atoms with van der Waals surface area (Å²) < 4.78 is 30.9. The predicted molar refractivity (Wildman–Crippen MR) is 111 cm³/mol. The Labute approximate surface area is 169 Å². The van der Waals surface area contributed by atoms with Crippen LogP contribution in [0.2, 0.25) is 0 Å². The van der Waals surface area contributed by atoms with Crippen LogP contribution in [0, 0.1) is 0 Å². The average molecular weight is 413 g/mol. The largest absolute Gasteiger partial charge is 0.465 e. The molecule has 8 heteroatoms. The van der Waals surface area contributed by atoms with Crippen LogP contribution in [0.15, 0.2) is 36.4 Å². The van der Waals surface area contributed by atoms with Crippen molar-refractivity contribution in [2.24, 2.45) is 0 Å². The second-order valence-electron chi connectivity index (χ2n) is 7.66. The first kappa shape index (κ1) is 19.6. The number of hydrogen-bond acceptors (Lipinski definition) is 6. The van der Waals surface area contributed by atoms with Gasteiger partial charge in [-0.1, -0.05) is 44.2 Å². The Hall–Kier alpha value is -2.74. The van der Waals surface area contributed by atoms with Gasteiger partial charge in [-0.2, -0.15) is 5.10 Å². The third kappa shape index (κ3) is 3.53. The third-order valence-electron chi connectivity index (χ3n) is 5.28. The lowest BCUT2D eigenvalue weighted by atomic mass is 10.0. The zero-order valence-electron chi connectivity index (χ0n) is 16.6. The van der Waals surface area contributed by atoms with Gasteiger partial charge < -0.3 is 4.74 Å². The van der Waals surface area contributed by atoms with Gasteiger partial charge in [0.1, 0.15) is 5.69 Å². The molecule has 1 aliphatic heterocycles. The minimum atomic E-state index is -3.11. The summed E-state index contributed by atoms with van der Waals surface area (Å²) in [6, 6.07) is 11.0. The molecule has 0 unspecified atom stereocenters. The van der Waals surface area contributed by atoms with Crippen molar-refractivity contribution in [2.75, 3.05) is 18.6 Å². The van der Waals surface area contributed by atoms with Gasteiger partial charge in [0.05, 0.1) is 35.6 Å². The van der Waals surface area contributed by atoms with Crippen molar-refractivity contribution in [1.82, 2.24) is 14.8 Å². The first-order valence-electron chi connectivity index (χ1n) is 9.58. The van der Waals surface area contributed by atoms with Gasteiger partial charge in [-0.3, -0.25) is 0 Å². The van der Waals surface area contributed by atoms with E-state index in [1.54, 1.807) is 10.7 Å². The van der Waals surface area contributed by atoms with Crippen molar-refractivity contribution in [3.8, 4) is 11.3 Å². The van der Waals surface area contributed by atoms with Gasteiger partial charge in [0.25, 0.3) is 0 Å². The number of benzene rings is 1. The fourth-order valence-corrected chi connectivity index (χ4v) is 5.43. The number of nitrogens with zero attached hydrogens (tertiary/aromatic N) is 3. The maximum absolute atomic E-state index is 12.6. The topological polar surface area (TPSA) is 91.2 Å². The van der Waals surface area contributed by atoms with Gasteiger partial charge in [-0.05, 0) is 18.4 Å². The van der Waals surface area contributed by atoms with Gasteiger partial charge in [0.15, 0.2) is 15.5 Å². The molecule has 2 aromatic heterocycles. The van der Waals surface area contributed by atoms with Crippen LogP contribution < -0.4 is 0 Å². The Morgan fingerprint density at radius 3 is 2.55 bits per heavy atom. The minimum Gasteiger partial charge on any atom is -0.465 e. The Bertz CT molecular complexity index is 1180. The number of rotatable bonds is 4. The lowest BCUT2D eigenvalue weighted by molar-refractivity contribution is 0.0602. The van der Waals surface area contributed by atoms with Crippen LogP contribution >= 0.6 is 0 Å². The standard InChI is InChI=1S/C21H23N3O4S/c1-13(2)17-11-16(21(25)28-3)18-19(14-7-5-4-6-8-14)23-24(20(18)22-17)15-9-10-29(26,27)12-15/h4-8,11,13,15H,9-10,12H2,1-3H3/t15-/m0/s1. The van der Waals surface area contributed by atoms with Crippen LogP contribution in [0.5, 0.6) is 0 Å². The summed E-state index contributed by atoms with van der Waals surface area (Å²) in [6.45, 7) is 3.99. The molecule has 1 fully saturated rings. The maximum Gasteiger partial charge on any atom is 0.338 e. The van der Waals surface area contributed by atoms with Crippen molar-refractivity contribution < 1.29 is 17.9 Å². The van der Waals surface area contributed by atoms with Gasteiger partial charge in [-0.15, -0.1) is 0 Å². The lowest BCUT2D eigenvalue weighted by Crippen LogP contribution is -2.14. The van der Waals surface area contributed by atoms with E-state index in [9.17, 15) is 13.2 Å². The highest BCUT2D eigenvalue weighted by Crippen LogP contribution is 2.35. The summed E-state index contributed by atoms with van der Waals surface area (Å²) in [4.78, 5) is 17.4. The number of sulfone groups is 1. The number of carbonyl (C=O) groups excluding carboxylic acids is 1. The predicted octanol–water partition coefficient (Wildman–Crippen LogP) is 3.37. The van der Waals surface area contributed by atoms with E-state index in [-0.39, 0.29) is 23.5 Å². The number of esters is 1. The number of aromatic nitrogens is 3. The summed E-state index contributed by atoms with van der Waals surface area (Å²) in [5.74, 6) is -0.222. The minimum absolute atomic E-state index is 0.0269. The van der Waals surface area contributed by atoms with E-state index in [4.69, 9.17) is 14.8 Å². The van der Waals surface area contributed by atoms with Gasteiger partial charge in [0, 0.05) is 11.3 Å². The van der Waals surface area contributed by atoms with Crippen molar-refractivity contribution in [1.29, 1.82) is 0 Å². The van der Waals surface area contributed by atoms with Crippen molar-refractivity contribution in [2.45, 2.75) is 32.2 Å². The molecule has 0 aliphatic carbocycles. The molecule has 1 atom stereocenters. The molecular weight excluding hydrogens is 390 g/mol. The Morgan fingerprint density at radius 1 is 1.24 bits per heavy atom. The van der Waals surface area contributed by atoms with Crippen LogP contribution in [0.25, 0.3) is 22.3 Å². The number of pyridine rings is 1. The van der Waals surface area contributed by atoms with Crippen LogP contribution in [0.4, 0.5) is 0 Å². The van der Waals surface area contributed by atoms with Gasteiger partial charge >= 0.3 is 5.97 Å². The molecule has 4 rings (SSSR count). The molecule has 0 radical (unpaired) electrons.